The number of carbonyl (C=O) groups is 2. The molecule has 3 rings (SSSR count). The Morgan fingerprint density at radius 3 is 2.30 bits per heavy atom. The first kappa shape index (κ1) is 19.4. The number of rotatable bonds is 4. The van der Waals surface area contributed by atoms with E-state index < -0.39 is 5.91 Å². The Labute approximate surface area is 160 Å². The standard InChI is InChI=1S/C19H29N5O3/c1-14(2)22-9-11-24(12-10-22)19(26)27-16-5-7-23(8-6-16)15-3-4-17(18(20)25)21-13-15/h3-4,13-14,16H,5-12H2,1-2H3,(H2,20,25). The number of hydrogen-bond donors (Lipinski definition) is 1. The highest BCUT2D eigenvalue weighted by Gasteiger charge is 2.27. The molecule has 0 bridgehead atoms. The van der Waals surface area contributed by atoms with Crippen LogP contribution in [-0.4, -0.2) is 78.2 Å². The largest absolute Gasteiger partial charge is 0.446 e. The van der Waals surface area contributed by atoms with Gasteiger partial charge in [-0.1, -0.05) is 0 Å². The van der Waals surface area contributed by atoms with Crippen molar-refractivity contribution in [1.82, 2.24) is 14.8 Å². The quantitative estimate of drug-likeness (QED) is 0.853. The molecule has 2 amide bonds. The average molecular weight is 375 g/mol. The number of nitrogens with zero attached hydrogens (tertiary/aromatic N) is 4. The highest BCUT2D eigenvalue weighted by atomic mass is 16.6. The summed E-state index contributed by atoms with van der Waals surface area (Å²) in [5.41, 5.74) is 6.44. The summed E-state index contributed by atoms with van der Waals surface area (Å²) < 4.78 is 5.73. The van der Waals surface area contributed by atoms with Crippen LogP contribution in [0.15, 0.2) is 18.3 Å². The molecule has 0 spiro atoms. The van der Waals surface area contributed by atoms with Gasteiger partial charge in [0, 0.05) is 58.2 Å². The van der Waals surface area contributed by atoms with Gasteiger partial charge in [0.2, 0.25) is 0 Å². The summed E-state index contributed by atoms with van der Waals surface area (Å²) in [7, 11) is 0. The number of hydrogen-bond acceptors (Lipinski definition) is 6. The Morgan fingerprint density at radius 2 is 1.78 bits per heavy atom. The molecule has 2 fully saturated rings. The fourth-order valence-electron chi connectivity index (χ4n) is 3.59. The van der Waals surface area contributed by atoms with E-state index in [-0.39, 0.29) is 17.9 Å². The lowest BCUT2D eigenvalue weighted by molar-refractivity contribution is 0.0338. The van der Waals surface area contributed by atoms with Crippen LogP contribution in [0, 0.1) is 0 Å². The Balaban J connectivity index is 1.44. The molecule has 0 saturated carbocycles. The number of aromatic nitrogens is 1. The highest BCUT2D eigenvalue weighted by Crippen LogP contribution is 2.21. The number of anilines is 1. The van der Waals surface area contributed by atoms with Gasteiger partial charge >= 0.3 is 6.09 Å². The molecule has 2 saturated heterocycles. The molecule has 27 heavy (non-hydrogen) atoms. The highest BCUT2D eigenvalue weighted by molar-refractivity contribution is 5.90. The molecule has 8 heteroatoms. The minimum Gasteiger partial charge on any atom is -0.446 e. The van der Waals surface area contributed by atoms with Crippen molar-refractivity contribution >= 4 is 17.7 Å². The number of ether oxygens (including phenoxy) is 1. The van der Waals surface area contributed by atoms with Crippen molar-refractivity contribution in [3.05, 3.63) is 24.0 Å². The van der Waals surface area contributed by atoms with E-state index in [1.807, 2.05) is 11.0 Å². The monoisotopic (exact) mass is 375 g/mol. The summed E-state index contributed by atoms with van der Waals surface area (Å²) in [5.74, 6) is -0.526. The van der Waals surface area contributed by atoms with Gasteiger partial charge in [-0.2, -0.15) is 0 Å². The fourth-order valence-corrected chi connectivity index (χ4v) is 3.59. The molecular weight excluding hydrogens is 346 g/mol. The van der Waals surface area contributed by atoms with E-state index in [1.54, 1.807) is 12.3 Å². The number of amides is 2. The minimum absolute atomic E-state index is 0.0465. The second kappa shape index (κ2) is 8.56. The topological polar surface area (TPSA) is 92.0 Å². The van der Waals surface area contributed by atoms with E-state index in [9.17, 15) is 9.59 Å². The van der Waals surface area contributed by atoms with E-state index in [2.05, 4.69) is 28.6 Å². The van der Waals surface area contributed by atoms with Crippen molar-refractivity contribution in [1.29, 1.82) is 0 Å². The molecular formula is C19H29N5O3. The van der Waals surface area contributed by atoms with Gasteiger partial charge in [0.05, 0.1) is 11.9 Å². The molecule has 0 radical (unpaired) electrons. The van der Waals surface area contributed by atoms with Crippen LogP contribution in [0.25, 0.3) is 0 Å². The lowest BCUT2D eigenvalue weighted by atomic mass is 10.1. The smallest absolute Gasteiger partial charge is 0.410 e. The first-order valence-corrected chi connectivity index (χ1v) is 9.64. The molecule has 0 aliphatic carbocycles. The number of piperazine rings is 1. The molecule has 2 aliphatic rings. The zero-order valence-electron chi connectivity index (χ0n) is 16.1. The number of primary amides is 1. The van der Waals surface area contributed by atoms with Crippen molar-refractivity contribution in [2.24, 2.45) is 5.73 Å². The van der Waals surface area contributed by atoms with Gasteiger partial charge in [-0.05, 0) is 26.0 Å². The second-order valence-corrected chi connectivity index (χ2v) is 7.45. The predicted octanol–water partition coefficient (Wildman–Crippen LogP) is 1.31. The van der Waals surface area contributed by atoms with Gasteiger partial charge in [0.1, 0.15) is 11.8 Å². The third kappa shape index (κ3) is 4.88. The summed E-state index contributed by atoms with van der Waals surface area (Å²) in [6, 6.07) is 4.01. The molecule has 148 valence electrons. The van der Waals surface area contributed by atoms with Crippen LogP contribution in [0.3, 0.4) is 0 Å². The first-order valence-electron chi connectivity index (χ1n) is 9.64. The zero-order valence-corrected chi connectivity index (χ0v) is 16.1. The van der Waals surface area contributed by atoms with Crippen molar-refractivity contribution in [3.8, 4) is 0 Å². The molecule has 0 atom stereocenters. The van der Waals surface area contributed by atoms with Crippen molar-refractivity contribution in [2.45, 2.75) is 38.8 Å². The Bertz CT molecular complexity index is 648. The SMILES string of the molecule is CC(C)N1CCN(C(=O)OC2CCN(c3ccc(C(N)=O)nc3)CC2)CC1. The van der Waals surface area contributed by atoms with E-state index in [0.717, 1.165) is 57.8 Å². The summed E-state index contributed by atoms with van der Waals surface area (Å²) in [5, 5.41) is 0. The van der Waals surface area contributed by atoms with E-state index >= 15 is 0 Å². The average Bonchev–Trinajstić information content (AvgIpc) is 2.68. The number of piperidine rings is 1. The third-order valence-corrected chi connectivity index (χ3v) is 5.38. The van der Waals surface area contributed by atoms with Crippen LogP contribution >= 0.6 is 0 Å². The first-order chi connectivity index (χ1) is 12.9. The van der Waals surface area contributed by atoms with Crippen LogP contribution in [0.4, 0.5) is 10.5 Å². The third-order valence-electron chi connectivity index (χ3n) is 5.38. The summed E-state index contributed by atoms with van der Waals surface area (Å²) in [6.07, 6.45) is 3.00. The van der Waals surface area contributed by atoms with Crippen LogP contribution in [0.1, 0.15) is 37.2 Å². The summed E-state index contributed by atoms with van der Waals surface area (Å²) in [4.78, 5) is 34.0. The summed E-state index contributed by atoms with van der Waals surface area (Å²) >= 11 is 0. The molecule has 2 aliphatic heterocycles. The maximum Gasteiger partial charge on any atom is 0.410 e. The molecule has 8 nitrogen and oxygen atoms in total. The van der Waals surface area contributed by atoms with E-state index in [4.69, 9.17) is 10.5 Å². The van der Waals surface area contributed by atoms with E-state index in [1.165, 1.54) is 0 Å². The maximum atomic E-state index is 12.4. The summed E-state index contributed by atoms with van der Waals surface area (Å²) in [6.45, 7) is 9.20. The van der Waals surface area contributed by atoms with Gasteiger partial charge < -0.3 is 20.3 Å². The number of nitrogens with two attached hydrogens (primary N) is 1. The van der Waals surface area contributed by atoms with Gasteiger partial charge in [-0.3, -0.25) is 9.69 Å². The van der Waals surface area contributed by atoms with Crippen LogP contribution < -0.4 is 10.6 Å². The van der Waals surface area contributed by atoms with Crippen LogP contribution in [0.2, 0.25) is 0 Å². The van der Waals surface area contributed by atoms with Crippen molar-refractivity contribution < 1.29 is 14.3 Å². The Hall–Kier alpha value is -2.35. The predicted molar refractivity (Wildman–Crippen MR) is 103 cm³/mol. The van der Waals surface area contributed by atoms with Crippen molar-refractivity contribution in [3.63, 3.8) is 0 Å². The van der Waals surface area contributed by atoms with Crippen molar-refractivity contribution in [2.75, 3.05) is 44.2 Å². The zero-order chi connectivity index (χ0) is 19.4. The van der Waals surface area contributed by atoms with E-state index in [0.29, 0.717) is 6.04 Å². The Kier molecular flexibility index (Phi) is 6.15. The lowest BCUT2D eigenvalue weighted by Crippen LogP contribution is -2.51. The van der Waals surface area contributed by atoms with Gasteiger partial charge in [0.25, 0.3) is 5.91 Å². The minimum atomic E-state index is -0.526. The molecule has 2 N–H and O–H groups in total. The normalized spacial score (nSPS) is 19.4. The van der Waals surface area contributed by atoms with Gasteiger partial charge in [-0.15, -0.1) is 0 Å². The second-order valence-electron chi connectivity index (χ2n) is 7.45. The Morgan fingerprint density at radius 1 is 1.11 bits per heavy atom. The molecule has 0 aromatic carbocycles. The number of pyridine rings is 1. The molecule has 1 aromatic rings. The molecule has 1 aromatic heterocycles. The molecule has 0 unspecified atom stereocenters. The maximum absolute atomic E-state index is 12.4. The van der Waals surface area contributed by atoms with Gasteiger partial charge in [-0.25, -0.2) is 9.78 Å². The number of carbonyl (C=O) groups excluding carboxylic acids is 2. The van der Waals surface area contributed by atoms with Crippen LogP contribution in [-0.2, 0) is 4.74 Å². The molecule has 3 heterocycles. The van der Waals surface area contributed by atoms with Crippen LogP contribution in [0.5, 0.6) is 0 Å². The lowest BCUT2D eigenvalue weighted by Gasteiger charge is -2.38. The van der Waals surface area contributed by atoms with Gasteiger partial charge in [0.15, 0.2) is 0 Å². The fraction of sp³-hybridized carbons (Fsp3) is 0.632.